The van der Waals surface area contributed by atoms with Crippen LogP contribution in [0.25, 0.3) is 0 Å². The molecule has 2 N–H and O–H groups in total. The Hall–Kier alpha value is -2.09. The summed E-state index contributed by atoms with van der Waals surface area (Å²) in [5, 5.41) is 11.8. The molecular weight excluding hydrogens is 358 g/mol. The molecule has 0 aliphatic heterocycles. The number of hydrogen-bond acceptors (Lipinski definition) is 5. The van der Waals surface area contributed by atoms with Gasteiger partial charge in [0, 0.05) is 6.54 Å². The predicted octanol–water partition coefficient (Wildman–Crippen LogP) is 1.66. The highest BCUT2D eigenvalue weighted by molar-refractivity contribution is 7.93. The Labute approximate surface area is 154 Å². The number of aliphatic carboxylic acids is 1. The summed E-state index contributed by atoms with van der Waals surface area (Å²) in [5.41, 5.74) is 0.789. The summed E-state index contributed by atoms with van der Waals surface area (Å²) in [5.74, 6) is -2.57. The Morgan fingerprint density at radius 2 is 1.77 bits per heavy atom. The second-order valence-corrected chi connectivity index (χ2v) is 9.73. The highest BCUT2D eigenvalue weighted by Crippen LogP contribution is 2.17. The van der Waals surface area contributed by atoms with Crippen LogP contribution in [-0.4, -0.2) is 49.1 Å². The molecule has 26 heavy (non-hydrogen) atoms. The van der Waals surface area contributed by atoms with E-state index in [1.54, 1.807) is 24.3 Å². The van der Waals surface area contributed by atoms with Crippen molar-refractivity contribution >= 4 is 21.7 Å². The van der Waals surface area contributed by atoms with Gasteiger partial charge in [-0.3, -0.25) is 9.59 Å². The van der Waals surface area contributed by atoms with Crippen LogP contribution in [0.1, 0.15) is 33.3 Å². The average Bonchev–Trinajstić information content (AvgIpc) is 2.51. The van der Waals surface area contributed by atoms with E-state index in [9.17, 15) is 23.1 Å². The van der Waals surface area contributed by atoms with Gasteiger partial charge in [0.15, 0.2) is 9.84 Å². The maximum absolute atomic E-state index is 12.0. The monoisotopic (exact) mass is 385 g/mol. The summed E-state index contributed by atoms with van der Waals surface area (Å²) in [4.78, 5) is 23.3. The van der Waals surface area contributed by atoms with E-state index in [0.29, 0.717) is 12.4 Å². The lowest BCUT2D eigenvalue weighted by molar-refractivity contribution is -0.141. The van der Waals surface area contributed by atoms with Crippen molar-refractivity contribution in [3.8, 4) is 5.75 Å². The molecule has 1 aromatic carbocycles. The zero-order valence-electron chi connectivity index (χ0n) is 15.6. The number of hydrogen-bond donors (Lipinski definition) is 2. The van der Waals surface area contributed by atoms with Crippen molar-refractivity contribution in [3.05, 3.63) is 29.8 Å². The van der Waals surface area contributed by atoms with E-state index >= 15 is 0 Å². The van der Waals surface area contributed by atoms with Gasteiger partial charge in [0.1, 0.15) is 11.5 Å². The van der Waals surface area contributed by atoms with E-state index in [1.807, 2.05) is 6.92 Å². The van der Waals surface area contributed by atoms with Gasteiger partial charge >= 0.3 is 5.97 Å². The van der Waals surface area contributed by atoms with Crippen LogP contribution in [0.15, 0.2) is 24.3 Å². The number of benzene rings is 1. The average molecular weight is 385 g/mol. The van der Waals surface area contributed by atoms with Gasteiger partial charge in [-0.25, -0.2) is 8.42 Å². The number of nitrogens with one attached hydrogen (secondary N) is 1. The largest absolute Gasteiger partial charge is 0.494 e. The Morgan fingerprint density at radius 1 is 1.19 bits per heavy atom. The molecule has 0 radical (unpaired) electrons. The number of ether oxygens (including phenoxy) is 1. The van der Waals surface area contributed by atoms with E-state index in [2.05, 4.69) is 5.32 Å². The van der Waals surface area contributed by atoms with Gasteiger partial charge in [-0.2, -0.15) is 0 Å². The Bertz CT molecular complexity index is 719. The second kappa shape index (κ2) is 9.02. The number of carbonyl (C=O) groups is 2. The van der Waals surface area contributed by atoms with Crippen molar-refractivity contribution < 1.29 is 27.9 Å². The molecule has 0 heterocycles. The first-order valence-electron chi connectivity index (χ1n) is 8.40. The third kappa shape index (κ3) is 6.67. The van der Waals surface area contributed by atoms with Crippen LogP contribution in [0.2, 0.25) is 0 Å². The van der Waals surface area contributed by atoms with Crippen LogP contribution in [0, 0.1) is 5.92 Å². The van der Waals surface area contributed by atoms with Crippen LogP contribution in [-0.2, 0) is 25.8 Å². The van der Waals surface area contributed by atoms with Gasteiger partial charge in [0.05, 0.1) is 17.3 Å². The minimum absolute atomic E-state index is 0.138. The molecule has 1 amide bonds. The molecule has 8 heteroatoms. The molecule has 146 valence electrons. The van der Waals surface area contributed by atoms with Crippen LogP contribution in [0.3, 0.4) is 0 Å². The van der Waals surface area contributed by atoms with Crippen molar-refractivity contribution in [2.24, 2.45) is 5.92 Å². The molecule has 0 spiro atoms. The highest BCUT2D eigenvalue weighted by Gasteiger charge is 2.31. The molecule has 0 fully saturated rings. The molecule has 0 bridgehead atoms. The maximum Gasteiger partial charge on any atom is 0.308 e. The molecule has 7 nitrogen and oxygen atoms in total. The van der Waals surface area contributed by atoms with Crippen molar-refractivity contribution in [3.63, 3.8) is 0 Å². The molecule has 1 atom stereocenters. The van der Waals surface area contributed by atoms with Gasteiger partial charge in [0.25, 0.3) is 0 Å². The fourth-order valence-electron chi connectivity index (χ4n) is 2.10. The number of carboxylic acid groups (broad SMARTS) is 1. The topological polar surface area (TPSA) is 110 Å². The lowest BCUT2D eigenvalue weighted by Crippen LogP contribution is -2.41. The summed E-state index contributed by atoms with van der Waals surface area (Å²) in [6.45, 7) is 6.82. The van der Waals surface area contributed by atoms with Crippen molar-refractivity contribution in [2.45, 2.75) is 38.9 Å². The Kier molecular flexibility index (Phi) is 7.62. The minimum Gasteiger partial charge on any atom is -0.494 e. The highest BCUT2D eigenvalue weighted by atomic mass is 32.2. The van der Waals surface area contributed by atoms with Gasteiger partial charge in [-0.1, -0.05) is 12.1 Å². The number of rotatable bonds is 9. The lowest BCUT2D eigenvalue weighted by Gasteiger charge is -2.19. The summed E-state index contributed by atoms with van der Waals surface area (Å²) in [6.07, 6.45) is 0.216. The number of amides is 1. The zero-order valence-corrected chi connectivity index (χ0v) is 16.4. The van der Waals surface area contributed by atoms with Crippen LogP contribution >= 0.6 is 0 Å². The zero-order chi connectivity index (χ0) is 20.0. The molecule has 1 rings (SSSR count). The summed E-state index contributed by atoms with van der Waals surface area (Å²) in [7, 11) is -3.61. The molecule has 1 unspecified atom stereocenters. The lowest BCUT2D eigenvalue weighted by atomic mass is 9.99. The number of carboxylic acids is 1. The summed E-state index contributed by atoms with van der Waals surface area (Å²) < 4.78 is 28.3. The van der Waals surface area contributed by atoms with Crippen molar-refractivity contribution in [1.29, 1.82) is 0 Å². The maximum atomic E-state index is 12.0. The predicted molar refractivity (Wildman–Crippen MR) is 99.0 cm³/mol. The first-order chi connectivity index (χ1) is 12.0. The molecule has 1 aromatic rings. The fourth-order valence-corrected chi connectivity index (χ4v) is 2.98. The first kappa shape index (κ1) is 22.0. The quantitative estimate of drug-likeness (QED) is 0.669. The Morgan fingerprint density at radius 3 is 2.23 bits per heavy atom. The molecule has 0 aliphatic carbocycles. The van der Waals surface area contributed by atoms with Crippen LogP contribution in [0.4, 0.5) is 0 Å². The first-order valence-corrected chi connectivity index (χ1v) is 10.0. The van der Waals surface area contributed by atoms with E-state index in [1.165, 1.54) is 20.8 Å². The summed E-state index contributed by atoms with van der Waals surface area (Å²) in [6, 6.07) is 7.05. The third-order valence-electron chi connectivity index (χ3n) is 3.87. The van der Waals surface area contributed by atoms with Gasteiger partial charge < -0.3 is 15.2 Å². The SMILES string of the molecule is CCOc1ccc(CC(CNC(=O)CS(=O)(=O)C(C)(C)C)C(=O)O)cc1. The van der Waals surface area contributed by atoms with Crippen LogP contribution < -0.4 is 10.1 Å². The number of sulfone groups is 1. The fraction of sp³-hybridized carbons (Fsp3) is 0.556. The Balaban J connectivity index is 2.66. The van der Waals surface area contributed by atoms with E-state index < -0.39 is 38.1 Å². The van der Waals surface area contributed by atoms with Crippen LogP contribution in [0.5, 0.6) is 5.75 Å². The van der Waals surface area contributed by atoms with Crippen molar-refractivity contribution in [1.82, 2.24) is 5.32 Å². The molecule has 0 aromatic heterocycles. The van der Waals surface area contributed by atoms with Crippen molar-refractivity contribution in [2.75, 3.05) is 18.9 Å². The third-order valence-corrected chi connectivity index (χ3v) is 6.37. The van der Waals surface area contributed by atoms with Gasteiger partial charge in [0.2, 0.25) is 5.91 Å². The van der Waals surface area contributed by atoms with Gasteiger partial charge in [-0.05, 0) is 51.8 Å². The standard InChI is InChI=1S/C18H27NO6S/c1-5-25-15-8-6-13(7-9-15)10-14(17(21)22)11-19-16(20)12-26(23,24)18(2,3)4/h6-9,14H,5,10-12H2,1-4H3,(H,19,20)(H,21,22). The molecular formula is C18H27NO6S. The molecule has 0 aliphatic rings. The van der Waals surface area contributed by atoms with E-state index in [0.717, 1.165) is 5.56 Å². The molecule has 0 saturated carbocycles. The smallest absolute Gasteiger partial charge is 0.308 e. The van der Waals surface area contributed by atoms with E-state index in [-0.39, 0.29) is 13.0 Å². The van der Waals surface area contributed by atoms with E-state index in [4.69, 9.17) is 4.74 Å². The van der Waals surface area contributed by atoms with Gasteiger partial charge in [-0.15, -0.1) is 0 Å². The number of carbonyl (C=O) groups excluding carboxylic acids is 1. The summed E-state index contributed by atoms with van der Waals surface area (Å²) >= 11 is 0. The molecule has 0 saturated heterocycles. The second-order valence-electron chi connectivity index (χ2n) is 6.99. The minimum atomic E-state index is -3.61. The normalized spacial score (nSPS) is 13.1.